The molecule has 0 aromatic heterocycles. The summed E-state index contributed by atoms with van der Waals surface area (Å²) in [5.41, 5.74) is 15.1. The molecule has 1 aliphatic carbocycles. The van der Waals surface area contributed by atoms with E-state index in [0.717, 1.165) is 12.8 Å². The predicted octanol–water partition coefficient (Wildman–Crippen LogP) is 7.44. The van der Waals surface area contributed by atoms with E-state index in [1.54, 1.807) is 0 Å². The molecule has 4 aromatic carbocycles. The number of rotatable bonds is 0. The molecule has 0 atom stereocenters. The molecule has 4 aromatic rings. The van der Waals surface area contributed by atoms with Crippen molar-refractivity contribution in [3.8, 4) is 22.3 Å². The number of hydrogen-bond donors (Lipinski definition) is 0. The minimum absolute atomic E-state index is 0.951. The summed E-state index contributed by atoms with van der Waals surface area (Å²) in [6.07, 6.45) is 1.90. The molecule has 0 heterocycles. The van der Waals surface area contributed by atoms with Crippen molar-refractivity contribution in [3.63, 3.8) is 0 Å². The second-order valence-corrected chi connectivity index (χ2v) is 8.49. The minimum atomic E-state index is 0.951. The zero-order valence-corrected chi connectivity index (χ0v) is 17.4. The lowest BCUT2D eigenvalue weighted by Gasteiger charge is -2.21. The summed E-state index contributed by atoms with van der Waals surface area (Å²) in [6.45, 7) is 6.58. The van der Waals surface area contributed by atoms with Crippen molar-refractivity contribution in [2.45, 2.75) is 33.6 Å². The molecule has 0 fully saturated rings. The Morgan fingerprint density at radius 3 is 1.59 bits per heavy atom. The van der Waals surface area contributed by atoms with E-state index in [4.69, 9.17) is 0 Å². The normalized spacial score (nSPS) is 12.4. The molecule has 0 saturated carbocycles. The van der Waals surface area contributed by atoms with Crippen LogP contribution in [0.3, 0.4) is 0 Å². The summed E-state index contributed by atoms with van der Waals surface area (Å²) in [4.78, 5) is 0. The van der Waals surface area contributed by atoms with Gasteiger partial charge in [0.2, 0.25) is 0 Å². The Balaban J connectivity index is 1.85. The zero-order valence-electron chi connectivity index (χ0n) is 17.4. The highest BCUT2D eigenvalue weighted by Gasteiger charge is 2.18. The molecule has 0 unspecified atom stereocenters. The number of aryl methyl sites for hydroxylation is 3. The summed E-state index contributed by atoms with van der Waals surface area (Å²) < 4.78 is 0. The first-order valence-corrected chi connectivity index (χ1v) is 10.5. The second kappa shape index (κ2) is 7.04. The first-order chi connectivity index (χ1) is 14.1. The van der Waals surface area contributed by atoms with Crippen LogP contribution in [-0.2, 0) is 12.8 Å². The Labute approximate surface area is 173 Å². The molecule has 0 bridgehead atoms. The van der Waals surface area contributed by atoms with E-state index in [0.29, 0.717) is 0 Å². The second-order valence-electron chi connectivity index (χ2n) is 8.49. The fourth-order valence-corrected chi connectivity index (χ4v) is 4.67. The summed E-state index contributed by atoms with van der Waals surface area (Å²) in [6, 6.07) is 29.8. The minimum Gasteiger partial charge on any atom is -0.0619 e. The molecule has 0 saturated heterocycles. The van der Waals surface area contributed by atoms with Crippen molar-refractivity contribution in [2.75, 3.05) is 0 Å². The molecule has 0 N–H and O–H groups in total. The molecule has 5 rings (SSSR count). The van der Waals surface area contributed by atoms with Crippen molar-refractivity contribution in [1.29, 1.82) is 0 Å². The van der Waals surface area contributed by atoms with Crippen LogP contribution < -0.4 is 0 Å². The van der Waals surface area contributed by atoms with E-state index < -0.39 is 0 Å². The number of benzene rings is 4. The Hall–Kier alpha value is -3.12. The van der Waals surface area contributed by atoms with Crippen LogP contribution in [0.2, 0.25) is 0 Å². The lowest BCUT2D eigenvalue weighted by Crippen LogP contribution is -2.03. The highest BCUT2D eigenvalue weighted by atomic mass is 14.2. The lowest BCUT2D eigenvalue weighted by atomic mass is 9.83. The first kappa shape index (κ1) is 17.9. The molecule has 0 nitrogen and oxygen atoms in total. The van der Waals surface area contributed by atoms with Crippen molar-refractivity contribution in [1.82, 2.24) is 0 Å². The Morgan fingerprint density at radius 1 is 0.414 bits per heavy atom. The summed E-state index contributed by atoms with van der Waals surface area (Å²) in [5, 5.41) is 0. The van der Waals surface area contributed by atoms with Crippen LogP contribution in [-0.4, -0.2) is 0 Å². The fraction of sp³-hybridized carbons (Fsp3) is 0.172. The van der Waals surface area contributed by atoms with Crippen LogP contribution in [0.5, 0.6) is 0 Å². The molecule has 0 amide bonds. The van der Waals surface area contributed by atoms with Crippen LogP contribution in [0.4, 0.5) is 0 Å². The van der Waals surface area contributed by atoms with E-state index in [2.05, 4.69) is 99.6 Å². The average molecular weight is 375 g/mol. The predicted molar refractivity (Wildman–Crippen MR) is 124 cm³/mol. The van der Waals surface area contributed by atoms with E-state index in [1.807, 2.05) is 0 Å². The average Bonchev–Trinajstić information content (AvgIpc) is 2.71. The first-order valence-electron chi connectivity index (χ1n) is 10.5. The van der Waals surface area contributed by atoms with Gasteiger partial charge in [-0.3, -0.25) is 0 Å². The van der Waals surface area contributed by atoms with Crippen LogP contribution in [0.1, 0.15) is 38.9 Å². The Kier molecular flexibility index (Phi) is 4.36. The van der Waals surface area contributed by atoms with Crippen LogP contribution in [0, 0.1) is 20.8 Å². The molecule has 1 aliphatic rings. The fourth-order valence-electron chi connectivity index (χ4n) is 4.67. The Morgan fingerprint density at radius 2 is 0.897 bits per heavy atom. The van der Waals surface area contributed by atoms with Gasteiger partial charge in [0.05, 0.1) is 0 Å². The van der Waals surface area contributed by atoms with Crippen LogP contribution in [0.15, 0.2) is 78.9 Å². The van der Waals surface area contributed by atoms with E-state index in [-0.39, 0.29) is 0 Å². The maximum atomic E-state index is 2.37. The molecule has 142 valence electrons. The number of fused-ring (bicyclic) bond motifs is 6. The number of hydrogen-bond acceptors (Lipinski definition) is 0. The molecule has 0 radical (unpaired) electrons. The van der Waals surface area contributed by atoms with Gasteiger partial charge in [0.15, 0.2) is 0 Å². The standard InChI is InChI=1S/C29H26/c1-19-10-13-27-25(14-19)18-24-12-9-20(2)15-28(24)26-7-5-4-6-22(26)17-23-11-8-21(3)16-29(23)27/h4-16H,17-18H2,1-3H3. The van der Waals surface area contributed by atoms with E-state index >= 15 is 0 Å². The van der Waals surface area contributed by atoms with Crippen molar-refractivity contribution in [3.05, 3.63) is 118 Å². The van der Waals surface area contributed by atoms with Crippen LogP contribution >= 0.6 is 0 Å². The van der Waals surface area contributed by atoms with Gasteiger partial charge in [-0.15, -0.1) is 0 Å². The van der Waals surface area contributed by atoms with Gasteiger partial charge in [0, 0.05) is 0 Å². The third-order valence-electron chi connectivity index (χ3n) is 6.15. The van der Waals surface area contributed by atoms with Gasteiger partial charge in [-0.05, 0) is 78.1 Å². The van der Waals surface area contributed by atoms with Gasteiger partial charge >= 0.3 is 0 Å². The third kappa shape index (κ3) is 3.29. The van der Waals surface area contributed by atoms with Gasteiger partial charge in [-0.2, -0.15) is 0 Å². The molecular weight excluding hydrogens is 348 g/mol. The largest absolute Gasteiger partial charge is 0.0619 e. The van der Waals surface area contributed by atoms with Crippen molar-refractivity contribution in [2.24, 2.45) is 0 Å². The quantitative estimate of drug-likeness (QED) is 0.264. The van der Waals surface area contributed by atoms with E-state index in [9.17, 15) is 0 Å². The molecule has 29 heavy (non-hydrogen) atoms. The molecule has 0 aliphatic heterocycles. The molecular formula is C29H26. The van der Waals surface area contributed by atoms with Crippen molar-refractivity contribution >= 4 is 0 Å². The lowest BCUT2D eigenvalue weighted by molar-refractivity contribution is 1.14. The van der Waals surface area contributed by atoms with E-state index in [1.165, 1.54) is 61.2 Å². The van der Waals surface area contributed by atoms with Crippen molar-refractivity contribution < 1.29 is 0 Å². The molecule has 0 spiro atoms. The summed E-state index contributed by atoms with van der Waals surface area (Å²) >= 11 is 0. The van der Waals surface area contributed by atoms with Gasteiger partial charge in [0.25, 0.3) is 0 Å². The SMILES string of the molecule is Cc1ccc2c(c1)Cc1ccc(C)cc1-c1ccccc1Cc1ccc(C)cc1-2. The molecule has 0 heteroatoms. The van der Waals surface area contributed by atoms with Crippen LogP contribution in [0.25, 0.3) is 22.3 Å². The highest BCUT2D eigenvalue weighted by Crippen LogP contribution is 2.38. The summed E-state index contributed by atoms with van der Waals surface area (Å²) in [7, 11) is 0. The van der Waals surface area contributed by atoms with Gasteiger partial charge in [0.1, 0.15) is 0 Å². The maximum Gasteiger partial charge on any atom is -0.00134 e. The third-order valence-corrected chi connectivity index (χ3v) is 6.15. The highest BCUT2D eigenvalue weighted by molar-refractivity contribution is 5.78. The summed E-state index contributed by atoms with van der Waals surface area (Å²) in [5.74, 6) is 0. The zero-order chi connectivity index (χ0) is 20.0. The van der Waals surface area contributed by atoms with Gasteiger partial charge in [-0.1, -0.05) is 95.6 Å². The topological polar surface area (TPSA) is 0 Å². The Bertz CT molecular complexity index is 1230. The van der Waals surface area contributed by atoms with Gasteiger partial charge < -0.3 is 0 Å². The van der Waals surface area contributed by atoms with Gasteiger partial charge in [-0.25, -0.2) is 0 Å². The monoisotopic (exact) mass is 374 g/mol. The maximum absolute atomic E-state index is 2.37. The smallest absolute Gasteiger partial charge is 0.00134 e.